The van der Waals surface area contributed by atoms with Gasteiger partial charge in [0.25, 0.3) is 10.1 Å². The van der Waals surface area contributed by atoms with Gasteiger partial charge < -0.3 is 0 Å². The Balaban J connectivity index is 2.07. The predicted molar refractivity (Wildman–Crippen MR) is 77.6 cm³/mol. The molecule has 0 radical (unpaired) electrons. The van der Waals surface area contributed by atoms with Crippen molar-refractivity contribution in [1.82, 2.24) is 0 Å². The number of aryl methyl sites for hydroxylation is 1. The van der Waals surface area contributed by atoms with Crippen LogP contribution in [-0.2, 0) is 23.0 Å². The van der Waals surface area contributed by atoms with Crippen molar-refractivity contribution in [2.45, 2.75) is 30.6 Å². The fourth-order valence-corrected chi connectivity index (χ4v) is 3.76. The summed E-state index contributed by atoms with van der Waals surface area (Å²) in [5.74, 6) is 0.115. The van der Waals surface area contributed by atoms with Crippen LogP contribution in [0, 0.1) is 6.92 Å². The maximum atomic E-state index is 11.6. The van der Waals surface area contributed by atoms with E-state index in [1.54, 1.807) is 6.07 Å². The molecule has 1 aliphatic rings. The van der Waals surface area contributed by atoms with E-state index in [0.717, 1.165) is 24.0 Å². The molecular formula is C16H16O3S. The first-order valence-electron chi connectivity index (χ1n) is 6.60. The molecular weight excluding hydrogens is 272 g/mol. The van der Waals surface area contributed by atoms with Crippen molar-refractivity contribution in [2.75, 3.05) is 0 Å². The fraction of sp³-hybridized carbons (Fsp3) is 0.250. The highest BCUT2D eigenvalue weighted by atomic mass is 32.2. The van der Waals surface area contributed by atoms with Crippen LogP contribution in [0.3, 0.4) is 0 Å². The molecule has 0 fully saturated rings. The molecule has 0 aromatic heterocycles. The smallest absolute Gasteiger partial charge is 0.282 e. The first-order valence-corrected chi connectivity index (χ1v) is 8.04. The number of rotatable bonds is 2. The molecule has 0 aliphatic heterocycles. The summed E-state index contributed by atoms with van der Waals surface area (Å²) in [5, 5.41) is 0. The van der Waals surface area contributed by atoms with Crippen LogP contribution in [0.15, 0.2) is 47.4 Å². The molecule has 3 rings (SSSR count). The Hall–Kier alpha value is -1.65. The molecule has 0 amide bonds. The molecule has 0 unspecified atom stereocenters. The highest BCUT2D eigenvalue weighted by Gasteiger charge is 2.27. The van der Waals surface area contributed by atoms with Crippen molar-refractivity contribution in [1.29, 1.82) is 0 Å². The lowest BCUT2D eigenvalue weighted by Gasteiger charge is -2.14. The summed E-state index contributed by atoms with van der Waals surface area (Å²) in [6.07, 6.45) is 1.64. The zero-order valence-electron chi connectivity index (χ0n) is 11.2. The minimum absolute atomic E-state index is 0.0425. The van der Waals surface area contributed by atoms with Gasteiger partial charge in [0.2, 0.25) is 0 Å². The van der Waals surface area contributed by atoms with E-state index in [1.807, 2.05) is 25.1 Å². The van der Waals surface area contributed by atoms with Gasteiger partial charge >= 0.3 is 0 Å². The number of hydrogen-bond acceptors (Lipinski definition) is 2. The number of hydrogen-bond donors (Lipinski definition) is 1. The second-order valence-corrected chi connectivity index (χ2v) is 6.78. The zero-order chi connectivity index (χ0) is 14.3. The molecule has 0 spiro atoms. The normalized spacial score (nSPS) is 15.3. The van der Waals surface area contributed by atoms with Crippen LogP contribution in [0.2, 0.25) is 0 Å². The highest BCUT2D eigenvalue weighted by Crippen LogP contribution is 2.36. The molecule has 1 aliphatic carbocycles. The van der Waals surface area contributed by atoms with Gasteiger partial charge in [0.15, 0.2) is 0 Å². The number of fused-ring (bicyclic) bond motifs is 1. The largest absolute Gasteiger partial charge is 0.294 e. The molecule has 0 atom stereocenters. The summed E-state index contributed by atoms with van der Waals surface area (Å²) < 4.78 is 32.5. The van der Waals surface area contributed by atoms with E-state index in [4.69, 9.17) is 0 Å². The molecule has 104 valence electrons. The van der Waals surface area contributed by atoms with E-state index in [2.05, 4.69) is 12.1 Å². The van der Waals surface area contributed by atoms with Crippen LogP contribution in [0.25, 0.3) is 0 Å². The fourth-order valence-electron chi connectivity index (χ4n) is 3.00. The average molecular weight is 288 g/mol. The third kappa shape index (κ3) is 2.37. The van der Waals surface area contributed by atoms with Crippen LogP contribution in [-0.4, -0.2) is 13.0 Å². The van der Waals surface area contributed by atoms with E-state index < -0.39 is 10.1 Å². The molecule has 20 heavy (non-hydrogen) atoms. The highest BCUT2D eigenvalue weighted by molar-refractivity contribution is 7.85. The molecule has 3 nitrogen and oxygen atoms in total. The van der Waals surface area contributed by atoms with E-state index in [-0.39, 0.29) is 10.8 Å². The molecule has 0 saturated carbocycles. The lowest BCUT2D eigenvalue weighted by Crippen LogP contribution is -2.08. The second-order valence-electron chi connectivity index (χ2n) is 5.39. The summed E-state index contributed by atoms with van der Waals surface area (Å²) in [5.41, 5.74) is 4.26. The maximum absolute atomic E-state index is 11.6. The van der Waals surface area contributed by atoms with E-state index in [9.17, 15) is 13.0 Å². The Morgan fingerprint density at radius 1 is 1.05 bits per heavy atom. The average Bonchev–Trinajstić information content (AvgIpc) is 2.80. The third-order valence-electron chi connectivity index (χ3n) is 3.93. The van der Waals surface area contributed by atoms with Crippen LogP contribution in [0.5, 0.6) is 0 Å². The number of benzene rings is 2. The molecule has 2 aromatic rings. The van der Waals surface area contributed by atoms with Crippen LogP contribution in [0.1, 0.15) is 28.2 Å². The molecule has 0 bridgehead atoms. The van der Waals surface area contributed by atoms with Crippen LogP contribution in [0.4, 0.5) is 0 Å². The predicted octanol–water partition coefficient (Wildman–Crippen LogP) is 3.12. The van der Waals surface area contributed by atoms with Gasteiger partial charge in [0, 0.05) is 0 Å². The van der Waals surface area contributed by atoms with Crippen molar-refractivity contribution >= 4 is 10.1 Å². The SMILES string of the molecule is Cc1ccc(S(=O)(=O)O)c(C2Cc3ccccc3C2)c1. The molecule has 1 N–H and O–H groups in total. The molecule has 4 heteroatoms. The lowest BCUT2D eigenvalue weighted by atomic mass is 9.95. The molecule has 0 saturated heterocycles. The quantitative estimate of drug-likeness (QED) is 0.864. The van der Waals surface area contributed by atoms with Gasteiger partial charge in [-0.2, -0.15) is 8.42 Å². The van der Waals surface area contributed by atoms with Gasteiger partial charge in [-0.15, -0.1) is 0 Å². The van der Waals surface area contributed by atoms with E-state index >= 15 is 0 Å². The van der Waals surface area contributed by atoms with Crippen LogP contribution < -0.4 is 0 Å². The second kappa shape index (κ2) is 4.72. The Labute approximate surface area is 119 Å². The van der Waals surface area contributed by atoms with Gasteiger partial charge in [-0.3, -0.25) is 4.55 Å². The molecule has 2 aromatic carbocycles. The first kappa shape index (κ1) is 13.3. The Morgan fingerprint density at radius 3 is 2.20 bits per heavy atom. The summed E-state index contributed by atoms with van der Waals surface area (Å²) in [6, 6.07) is 13.3. The van der Waals surface area contributed by atoms with Gasteiger partial charge in [-0.05, 0) is 48.4 Å². The monoisotopic (exact) mass is 288 g/mol. The Morgan fingerprint density at radius 2 is 1.65 bits per heavy atom. The Kier molecular flexibility index (Phi) is 3.15. The van der Waals surface area contributed by atoms with Crippen molar-refractivity contribution < 1.29 is 13.0 Å². The van der Waals surface area contributed by atoms with Crippen molar-refractivity contribution in [3.05, 3.63) is 64.7 Å². The van der Waals surface area contributed by atoms with Gasteiger partial charge in [-0.25, -0.2) is 0 Å². The van der Waals surface area contributed by atoms with Gasteiger partial charge in [0.1, 0.15) is 0 Å². The topological polar surface area (TPSA) is 54.4 Å². The first-order chi connectivity index (χ1) is 9.45. The zero-order valence-corrected chi connectivity index (χ0v) is 12.0. The van der Waals surface area contributed by atoms with E-state index in [0.29, 0.717) is 0 Å². The minimum Gasteiger partial charge on any atom is -0.282 e. The minimum atomic E-state index is -4.17. The van der Waals surface area contributed by atoms with Crippen molar-refractivity contribution in [3.8, 4) is 0 Å². The standard InChI is InChI=1S/C16H16O3S/c1-11-6-7-16(20(17,18)19)15(8-11)14-9-12-4-2-3-5-13(12)10-14/h2-8,14H,9-10H2,1H3,(H,17,18,19). The Bertz CT molecular complexity index is 738. The maximum Gasteiger partial charge on any atom is 0.294 e. The van der Waals surface area contributed by atoms with E-state index in [1.165, 1.54) is 17.2 Å². The summed E-state index contributed by atoms with van der Waals surface area (Å²) in [6.45, 7) is 1.93. The van der Waals surface area contributed by atoms with Crippen molar-refractivity contribution in [3.63, 3.8) is 0 Å². The van der Waals surface area contributed by atoms with Gasteiger partial charge in [-0.1, -0.05) is 42.0 Å². The third-order valence-corrected chi connectivity index (χ3v) is 4.86. The summed E-state index contributed by atoms with van der Waals surface area (Å²) >= 11 is 0. The lowest BCUT2D eigenvalue weighted by molar-refractivity contribution is 0.480. The summed E-state index contributed by atoms with van der Waals surface area (Å²) in [7, 11) is -4.17. The molecule has 0 heterocycles. The summed E-state index contributed by atoms with van der Waals surface area (Å²) in [4.78, 5) is 0.0425. The van der Waals surface area contributed by atoms with Gasteiger partial charge in [0.05, 0.1) is 4.90 Å². The van der Waals surface area contributed by atoms with Crippen molar-refractivity contribution in [2.24, 2.45) is 0 Å². The van der Waals surface area contributed by atoms with Crippen LogP contribution >= 0.6 is 0 Å².